The summed E-state index contributed by atoms with van der Waals surface area (Å²) in [6.07, 6.45) is 1.71. The molecule has 0 amide bonds. The van der Waals surface area contributed by atoms with Crippen molar-refractivity contribution in [1.29, 1.82) is 0 Å². The van der Waals surface area contributed by atoms with Crippen LogP contribution in [0.15, 0.2) is 56.3 Å². The van der Waals surface area contributed by atoms with Crippen LogP contribution in [-0.4, -0.2) is 19.6 Å². The maximum absolute atomic E-state index is 12.0. The summed E-state index contributed by atoms with van der Waals surface area (Å²) in [6, 6.07) is 8.52. The number of thiazole rings is 1. The van der Waals surface area contributed by atoms with Gasteiger partial charge in [-0.3, -0.25) is 9.20 Å². The van der Waals surface area contributed by atoms with Crippen LogP contribution in [0.4, 0.5) is 0 Å². The Kier molecular flexibility index (Phi) is 4.91. The molecule has 0 saturated heterocycles. The number of hydrogen-bond donors (Lipinski definition) is 0. The van der Waals surface area contributed by atoms with Crippen molar-refractivity contribution < 1.29 is 9.15 Å². The fourth-order valence-electron chi connectivity index (χ4n) is 2.13. The summed E-state index contributed by atoms with van der Waals surface area (Å²) in [5, 5.41) is 10.8. The number of thioether (sulfide) groups is 1. The van der Waals surface area contributed by atoms with Crippen molar-refractivity contribution in [2.45, 2.75) is 17.6 Å². The minimum absolute atomic E-state index is 0.102. The molecule has 4 rings (SSSR count). The molecule has 0 aliphatic rings. The molecule has 0 saturated carbocycles. The third-order valence-electron chi connectivity index (χ3n) is 3.32. The van der Waals surface area contributed by atoms with Gasteiger partial charge in [0.2, 0.25) is 0 Å². The molecule has 3 aromatic heterocycles. The van der Waals surface area contributed by atoms with E-state index in [0.717, 1.165) is 0 Å². The molecule has 26 heavy (non-hydrogen) atoms. The second-order valence-corrected chi connectivity index (χ2v) is 7.37. The molecule has 0 radical (unpaired) electrons. The number of ether oxygens (including phenoxy) is 1. The number of aromatic nitrogens is 4. The monoisotopic (exact) mass is 406 g/mol. The molecule has 0 atom stereocenters. The average Bonchev–Trinajstić information content (AvgIpc) is 3.29. The fourth-order valence-corrected chi connectivity index (χ4v) is 3.67. The third-order valence-corrected chi connectivity index (χ3v) is 5.18. The van der Waals surface area contributed by atoms with E-state index >= 15 is 0 Å². The largest absolute Gasteiger partial charge is 0.484 e. The Morgan fingerprint density at radius 1 is 1.27 bits per heavy atom. The molecule has 1 aromatic carbocycles. The Hall–Kier alpha value is -2.36. The lowest BCUT2D eigenvalue weighted by Gasteiger charge is -2.02. The van der Waals surface area contributed by atoms with Gasteiger partial charge in [-0.2, -0.15) is 0 Å². The van der Waals surface area contributed by atoms with E-state index in [1.807, 2.05) is 5.38 Å². The summed E-state index contributed by atoms with van der Waals surface area (Å²) >= 11 is 8.56. The van der Waals surface area contributed by atoms with Crippen LogP contribution in [-0.2, 0) is 12.4 Å². The van der Waals surface area contributed by atoms with Gasteiger partial charge in [0, 0.05) is 28.4 Å². The van der Waals surface area contributed by atoms with E-state index < -0.39 is 0 Å². The van der Waals surface area contributed by atoms with Crippen LogP contribution in [0.2, 0.25) is 5.02 Å². The zero-order valence-corrected chi connectivity index (χ0v) is 15.6. The zero-order chi connectivity index (χ0) is 17.9. The van der Waals surface area contributed by atoms with E-state index in [9.17, 15) is 4.79 Å². The highest BCUT2D eigenvalue weighted by Gasteiger charge is 2.10. The number of hydrogen-bond acceptors (Lipinski definition) is 8. The molecule has 4 aromatic rings. The van der Waals surface area contributed by atoms with E-state index in [2.05, 4.69) is 15.2 Å². The fraction of sp³-hybridized carbons (Fsp3) is 0.125. The zero-order valence-electron chi connectivity index (χ0n) is 13.2. The summed E-state index contributed by atoms with van der Waals surface area (Å²) in [6.45, 7) is 0.163. The summed E-state index contributed by atoms with van der Waals surface area (Å²) in [4.78, 5) is 17.1. The molecule has 0 aliphatic heterocycles. The SMILES string of the molecule is O=c1cc(CSc2nnc(COc3ccc(Cl)cc3)o2)nc2sccn12. The minimum atomic E-state index is -0.102. The van der Waals surface area contributed by atoms with Crippen LogP contribution in [0.25, 0.3) is 4.96 Å². The van der Waals surface area contributed by atoms with Gasteiger partial charge in [0.1, 0.15) is 5.75 Å². The Morgan fingerprint density at radius 2 is 2.12 bits per heavy atom. The quantitative estimate of drug-likeness (QED) is 0.452. The molecule has 0 N–H and O–H groups in total. The van der Waals surface area contributed by atoms with Gasteiger partial charge in [-0.15, -0.1) is 21.5 Å². The van der Waals surface area contributed by atoms with Crippen LogP contribution < -0.4 is 10.3 Å². The highest BCUT2D eigenvalue weighted by molar-refractivity contribution is 7.98. The predicted molar refractivity (Wildman–Crippen MR) is 99.0 cm³/mol. The Morgan fingerprint density at radius 3 is 2.96 bits per heavy atom. The highest BCUT2D eigenvalue weighted by Crippen LogP contribution is 2.22. The van der Waals surface area contributed by atoms with Gasteiger partial charge in [-0.05, 0) is 24.3 Å². The normalized spacial score (nSPS) is 11.1. The molecule has 0 spiro atoms. The number of rotatable bonds is 6. The smallest absolute Gasteiger partial charge is 0.277 e. The Labute approximate surface area is 160 Å². The summed E-state index contributed by atoms with van der Waals surface area (Å²) in [5.41, 5.74) is 0.564. The number of fused-ring (bicyclic) bond motifs is 1. The van der Waals surface area contributed by atoms with Gasteiger partial charge in [-0.25, -0.2) is 4.98 Å². The molecule has 0 aliphatic carbocycles. The highest BCUT2D eigenvalue weighted by atomic mass is 35.5. The second kappa shape index (κ2) is 7.48. The molecule has 0 bridgehead atoms. The molecule has 132 valence electrons. The first kappa shape index (κ1) is 17.1. The maximum atomic E-state index is 12.0. The first-order chi connectivity index (χ1) is 12.7. The lowest BCUT2D eigenvalue weighted by molar-refractivity contribution is 0.252. The van der Waals surface area contributed by atoms with Crippen molar-refractivity contribution in [3.8, 4) is 5.75 Å². The predicted octanol–water partition coefficient (Wildman–Crippen LogP) is 3.66. The van der Waals surface area contributed by atoms with Gasteiger partial charge in [0.05, 0.1) is 5.69 Å². The van der Waals surface area contributed by atoms with Gasteiger partial charge >= 0.3 is 0 Å². The first-order valence-electron chi connectivity index (χ1n) is 7.47. The van der Waals surface area contributed by atoms with E-state index in [-0.39, 0.29) is 12.2 Å². The van der Waals surface area contributed by atoms with E-state index in [4.69, 9.17) is 20.8 Å². The van der Waals surface area contributed by atoms with Crippen LogP contribution in [0, 0.1) is 0 Å². The van der Waals surface area contributed by atoms with Crippen molar-refractivity contribution in [2.24, 2.45) is 0 Å². The average molecular weight is 407 g/mol. The van der Waals surface area contributed by atoms with Crippen LogP contribution in [0.3, 0.4) is 0 Å². The van der Waals surface area contributed by atoms with Crippen molar-refractivity contribution in [3.63, 3.8) is 0 Å². The van der Waals surface area contributed by atoms with Gasteiger partial charge in [0.25, 0.3) is 16.7 Å². The van der Waals surface area contributed by atoms with Crippen molar-refractivity contribution in [3.05, 3.63) is 68.9 Å². The van der Waals surface area contributed by atoms with E-state index in [0.29, 0.717) is 38.3 Å². The number of nitrogens with zero attached hydrogens (tertiary/aromatic N) is 4. The van der Waals surface area contributed by atoms with Crippen LogP contribution >= 0.6 is 34.7 Å². The summed E-state index contributed by atoms with van der Waals surface area (Å²) in [5.74, 6) is 1.49. The summed E-state index contributed by atoms with van der Waals surface area (Å²) < 4.78 is 12.6. The lowest BCUT2D eigenvalue weighted by atomic mass is 10.3. The second-order valence-electron chi connectivity index (χ2n) is 5.13. The molecule has 0 unspecified atom stereocenters. The van der Waals surface area contributed by atoms with E-state index in [1.54, 1.807) is 30.5 Å². The molecular weight excluding hydrogens is 396 g/mol. The van der Waals surface area contributed by atoms with Gasteiger partial charge in [-0.1, -0.05) is 23.4 Å². The number of halogens is 1. The molecule has 0 fully saturated rings. The third kappa shape index (κ3) is 3.90. The Balaban J connectivity index is 1.37. The maximum Gasteiger partial charge on any atom is 0.277 e. The standard InChI is InChI=1S/C16H11ClN4O3S2/c17-10-1-3-12(4-2-10)23-8-13-19-20-16(24-13)26-9-11-7-14(22)21-5-6-25-15(21)18-11/h1-7H,8-9H2. The minimum Gasteiger partial charge on any atom is -0.484 e. The molecule has 7 nitrogen and oxygen atoms in total. The van der Waals surface area contributed by atoms with E-state index in [1.165, 1.54) is 33.6 Å². The van der Waals surface area contributed by atoms with Crippen LogP contribution in [0.5, 0.6) is 5.75 Å². The Bertz CT molecular complexity index is 1090. The van der Waals surface area contributed by atoms with Crippen molar-refractivity contribution >= 4 is 39.7 Å². The first-order valence-corrected chi connectivity index (χ1v) is 9.71. The topological polar surface area (TPSA) is 82.5 Å². The molecular formula is C16H11ClN4O3S2. The summed E-state index contributed by atoms with van der Waals surface area (Å²) in [7, 11) is 0. The van der Waals surface area contributed by atoms with Gasteiger partial charge in [0.15, 0.2) is 11.6 Å². The molecule has 10 heteroatoms. The lowest BCUT2D eigenvalue weighted by Crippen LogP contribution is -2.12. The van der Waals surface area contributed by atoms with Gasteiger partial charge < -0.3 is 9.15 Å². The molecule has 3 heterocycles. The number of benzene rings is 1. The van der Waals surface area contributed by atoms with Crippen LogP contribution in [0.1, 0.15) is 11.6 Å². The van der Waals surface area contributed by atoms with Crippen molar-refractivity contribution in [2.75, 3.05) is 0 Å². The van der Waals surface area contributed by atoms with Crippen molar-refractivity contribution in [1.82, 2.24) is 19.6 Å².